The van der Waals surface area contributed by atoms with Crippen molar-refractivity contribution in [1.82, 2.24) is 20.2 Å². The Morgan fingerprint density at radius 3 is 2.53 bits per heavy atom. The molecule has 2 N–H and O–H groups in total. The molecule has 0 saturated heterocycles. The third kappa shape index (κ3) is 6.78. The Kier molecular flexibility index (Phi) is 8.10. The molecule has 38 heavy (non-hydrogen) atoms. The number of nitrogens with zero attached hydrogens (tertiary/aromatic N) is 2. The standard InChI is InChI=1S/C28H25F3N4O3/c1-19-7-9-20(10-8-19)26(36)34-24(27(37)33-13-4-15-35-16-14-32-18-35)17-21-11-12-25(38-21)22-5-2-3-6-23(22)28(29,30)31/h2-3,5-12,14,16-18H,4,13,15H2,1H3,(H,33,37)(H,34,36). The van der Waals surface area contributed by atoms with Crippen molar-refractivity contribution in [3.05, 3.63) is 108 Å². The van der Waals surface area contributed by atoms with Crippen molar-refractivity contribution in [3.8, 4) is 11.3 Å². The monoisotopic (exact) mass is 522 g/mol. The Labute approximate surface area is 217 Å². The van der Waals surface area contributed by atoms with Gasteiger partial charge in [0.25, 0.3) is 11.8 Å². The molecule has 0 saturated carbocycles. The molecule has 2 heterocycles. The zero-order chi connectivity index (χ0) is 27.1. The van der Waals surface area contributed by atoms with Crippen molar-refractivity contribution in [2.45, 2.75) is 26.1 Å². The van der Waals surface area contributed by atoms with Crippen LogP contribution in [0.15, 0.2) is 89.5 Å². The minimum Gasteiger partial charge on any atom is -0.457 e. The van der Waals surface area contributed by atoms with Gasteiger partial charge in [0.1, 0.15) is 17.2 Å². The van der Waals surface area contributed by atoms with Crippen LogP contribution in [0.25, 0.3) is 17.4 Å². The van der Waals surface area contributed by atoms with Gasteiger partial charge in [0.15, 0.2) is 0 Å². The number of hydrogen-bond donors (Lipinski definition) is 2. The smallest absolute Gasteiger partial charge is 0.417 e. The van der Waals surface area contributed by atoms with E-state index >= 15 is 0 Å². The number of alkyl halides is 3. The Morgan fingerprint density at radius 1 is 1.05 bits per heavy atom. The molecule has 4 aromatic rings. The van der Waals surface area contributed by atoms with Crippen LogP contribution in [-0.2, 0) is 17.5 Å². The summed E-state index contributed by atoms with van der Waals surface area (Å²) in [6.45, 7) is 2.84. The lowest BCUT2D eigenvalue weighted by Gasteiger charge is -2.11. The summed E-state index contributed by atoms with van der Waals surface area (Å²) >= 11 is 0. The fraction of sp³-hybridized carbons (Fsp3) is 0.179. The van der Waals surface area contributed by atoms with Crippen LogP contribution in [-0.4, -0.2) is 27.9 Å². The second kappa shape index (κ2) is 11.6. The SMILES string of the molecule is Cc1ccc(C(=O)NC(=Cc2ccc(-c3ccccc3C(F)(F)F)o2)C(=O)NCCCn2ccnc2)cc1. The number of aromatic nitrogens is 2. The maximum Gasteiger partial charge on any atom is 0.417 e. The molecule has 4 rings (SSSR count). The van der Waals surface area contributed by atoms with Crippen molar-refractivity contribution in [3.63, 3.8) is 0 Å². The first-order valence-electron chi connectivity index (χ1n) is 11.8. The Balaban J connectivity index is 1.55. The van der Waals surface area contributed by atoms with Gasteiger partial charge in [0, 0.05) is 42.7 Å². The molecular weight excluding hydrogens is 497 g/mol. The molecule has 0 aliphatic carbocycles. The lowest BCUT2D eigenvalue weighted by molar-refractivity contribution is -0.137. The Hall–Kier alpha value is -4.60. The number of imidazole rings is 1. The van der Waals surface area contributed by atoms with Gasteiger partial charge in [-0.25, -0.2) is 4.98 Å². The molecule has 0 spiro atoms. The first kappa shape index (κ1) is 26.5. The molecular formula is C28H25F3N4O3. The van der Waals surface area contributed by atoms with E-state index in [0.29, 0.717) is 25.1 Å². The lowest BCUT2D eigenvalue weighted by atomic mass is 10.1. The van der Waals surface area contributed by atoms with Gasteiger partial charge in [-0.3, -0.25) is 9.59 Å². The number of aryl methyl sites for hydroxylation is 2. The van der Waals surface area contributed by atoms with Crippen LogP contribution in [0.2, 0.25) is 0 Å². The largest absolute Gasteiger partial charge is 0.457 e. The summed E-state index contributed by atoms with van der Waals surface area (Å²) in [4.78, 5) is 29.8. The van der Waals surface area contributed by atoms with E-state index in [1.54, 1.807) is 43.0 Å². The first-order chi connectivity index (χ1) is 18.2. The number of amides is 2. The van der Waals surface area contributed by atoms with Gasteiger partial charge in [0.2, 0.25) is 0 Å². The van der Waals surface area contributed by atoms with Gasteiger partial charge in [-0.2, -0.15) is 13.2 Å². The van der Waals surface area contributed by atoms with Gasteiger partial charge < -0.3 is 19.6 Å². The molecule has 0 atom stereocenters. The van der Waals surface area contributed by atoms with Gasteiger partial charge in [-0.05, 0) is 43.7 Å². The predicted octanol–water partition coefficient (Wildman–Crippen LogP) is 5.45. The summed E-state index contributed by atoms with van der Waals surface area (Å²) in [6, 6.07) is 14.7. The summed E-state index contributed by atoms with van der Waals surface area (Å²) in [5, 5.41) is 5.35. The molecule has 0 fully saturated rings. The van der Waals surface area contributed by atoms with Gasteiger partial charge in [0.05, 0.1) is 11.9 Å². The van der Waals surface area contributed by atoms with Crippen molar-refractivity contribution in [1.29, 1.82) is 0 Å². The summed E-state index contributed by atoms with van der Waals surface area (Å²) in [7, 11) is 0. The number of furan rings is 1. The van der Waals surface area contributed by atoms with Gasteiger partial charge in [-0.1, -0.05) is 35.9 Å². The number of benzene rings is 2. The molecule has 196 valence electrons. The molecule has 0 radical (unpaired) electrons. The average Bonchev–Trinajstić information content (AvgIpc) is 3.58. The minimum absolute atomic E-state index is 0.0193. The van der Waals surface area contributed by atoms with Crippen LogP contribution in [0.3, 0.4) is 0 Å². The molecule has 2 amide bonds. The van der Waals surface area contributed by atoms with Crippen LogP contribution in [0.5, 0.6) is 0 Å². The third-order valence-corrected chi connectivity index (χ3v) is 5.66. The Bertz CT molecular complexity index is 1420. The minimum atomic E-state index is -4.57. The molecule has 7 nitrogen and oxygen atoms in total. The van der Waals surface area contributed by atoms with Crippen LogP contribution in [0.4, 0.5) is 13.2 Å². The van der Waals surface area contributed by atoms with Crippen molar-refractivity contribution >= 4 is 17.9 Å². The molecule has 0 unspecified atom stereocenters. The maximum absolute atomic E-state index is 13.5. The number of rotatable bonds is 9. The van der Waals surface area contributed by atoms with Crippen LogP contribution in [0, 0.1) is 6.92 Å². The molecule has 2 aromatic carbocycles. The highest BCUT2D eigenvalue weighted by Crippen LogP contribution is 2.37. The first-order valence-corrected chi connectivity index (χ1v) is 11.8. The topological polar surface area (TPSA) is 89.2 Å². The fourth-order valence-electron chi connectivity index (χ4n) is 3.70. The van der Waals surface area contributed by atoms with E-state index in [0.717, 1.165) is 11.6 Å². The van der Waals surface area contributed by atoms with E-state index in [-0.39, 0.29) is 22.8 Å². The number of halogens is 3. The molecule has 10 heteroatoms. The quantitative estimate of drug-likeness (QED) is 0.226. The summed E-state index contributed by atoms with van der Waals surface area (Å²) < 4.78 is 47.9. The van der Waals surface area contributed by atoms with E-state index in [9.17, 15) is 22.8 Å². The van der Waals surface area contributed by atoms with E-state index < -0.39 is 23.6 Å². The second-order valence-corrected chi connectivity index (χ2v) is 8.53. The van der Waals surface area contributed by atoms with Crippen LogP contribution >= 0.6 is 0 Å². The number of carbonyl (C=O) groups is 2. The van der Waals surface area contributed by atoms with Crippen LogP contribution < -0.4 is 10.6 Å². The lowest BCUT2D eigenvalue weighted by Crippen LogP contribution is -2.35. The highest BCUT2D eigenvalue weighted by Gasteiger charge is 2.34. The van der Waals surface area contributed by atoms with Crippen molar-refractivity contribution < 1.29 is 27.2 Å². The zero-order valence-electron chi connectivity index (χ0n) is 20.5. The molecule has 0 bridgehead atoms. The summed E-state index contributed by atoms with van der Waals surface area (Å²) in [5.74, 6) is -0.998. The highest BCUT2D eigenvalue weighted by molar-refractivity contribution is 6.05. The van der Waals surface area contributed by atoms with Gasteiger partial charge >= 0.3 is 6.18 Å². The van der Waals surface area contributed by atoms with Gasteiger partial charge in [-0.15, -0.1) is 0 Å². The normalized spacial score (nSPS) is 11.8. The second-order valence-electron chi connectivity index (χ2n) is 8.53. The average molecular weight is 523 g/mol. The van der Waals surface area contributed by atoms with Crippen molar-refractivity contribution in [2.75, 3.05) is 6.54 Å². The molecule has 2 aromatic heterocycles. The molecule has 0 aliphatic heterocycles. The van der Waals surface area contributed by atoms with E-state index in [1.807, 2.05) is 11.5 Å². The number of carbonyl (C=O) groups excluding carboxylic acids is 2. The Morgan fingerprint density at radius 2 is 1.82 bits per heavy atom. The zero-order valence-corrected chi connectivity index (χ0v) is 20.5. The summed E-state index contributed by atoms with van der Waals surface area (Å²) in [5.41, 5.74) is 0.231. The number of hydrogen-bond acceptors (Lipinski definition) is 4. The highest BCUT2D eigenvalue weighted by atomic mass is 19.4. The van der Waals surface area contributed by atoms with Crippen molar-refractivity contribution in [2.24, 2.45) is 0 Å². The van der Waals surface area contributed by atoms with E-state index in [1.165, 1.54) is 36.4 Å². The van der Waals surface area contributed by atoms with Crippen LogP contribution in [0.1, 0.15) is 33.7 Å². The molecule has 0 aliphatic rings. The maximum atomic E-state index is 13.5. The predicted molar refractivity (Wildman–Crippen MR) is 136 cm³/mol. The number of nitrogens with one attached hydrogen (secondary N) is 2. The third-order valence-electron chi connectivity index (χ3n) is 5.66. The summed E-state index contributed by atoms with van der Waals surface area (Å²) in [6.07, 6.45) is 2.46. The fourth-order valence-corrected chi connectivity index (χ4v) is 3.70. The van der Waals surface area contributed by atoms with E-state index in [2.05, 4.69) is 15.6 Å². The van der Waals surface area contributed by atoms with E-state index in [4.69, 9.17) is 4.42 Å².